The Hall–Kier alpha value is -2.70. The summed E-state index contributed by atoms with van der Waals surface area (Å²) in [5, 5.41) is 14.2. The van der Waals surface area contributed by atoms with Crippen LogP contribution in [0.2, 0.25) is 0 Å². The van der Waals surface area contributed by atoms with Crippen molar-refractivity contribution in [2.45, 2.75) is 57.9 Å². The summed E-state index contributed by atoms with van der Waals surface area (Å²) in [5.41, 5.74) is 4.26. The van der Waals surface area contributed by atoms with Gasteiger partial charge in [0, 0.05) is 37.4 Å². The molecule has 0 radical (unpaired) electrons. The highest BCUT2D eigenvalue weighted by Crippen LogP contribution is 2.30. The van der Waals surface area contributed by atoms with Gasteiger partial charge in [-0.3, -0.25) is 12.8 Å². The zero-order chi connectivity index (χ0) is 25.8. The number of halogens is 1. The third-order valence-electron chi connectivity index (χ3n) is 7.10. The minimum atomic E-state index is -0.651. The van der Waals surface area contributed by atoms with Crippen LogP contribution in [0.3, 0.4) is 0 Å². The van der Waals surface area contributed by atoms with Crippen molar-refractivity contribution >= 4 is 34.6 Å². The number of amides is 1. The summed E-state index contributed by atoms with van der Waals surface area (Å²) in [4.78, 5) is 23.5. The van der Waals surface area contributed by atoms with Gasteiger partial charge in [0.1, 0.15) is 18.2 Å². The van der Waals surface area contributed by atoms with Crippen molar-refractivity contribution in [2.75, 3.05) is 25.0 Å². The van der Waals surface area contributed by atoms with E-state index in [0.29, 0.717) is 30.5 Å². The molecule has 0 bridgehead atoms. The molecule has 1 aliphatic carbocycles. The quantitative estimate of drug-likeness (QED) is 0.259. The summed E-state index contributed by atoms with van der Waals surface area (Å²) in [7, 11) is 0. The maximum Gasteiger partial charge on any atom is 0.262 e. The van der Waals surface area contributed by atoms with Crippen LogP contribution < -0.4 is 10.1 Å². The van der Waals surface area contributed by atoms with E-state index in [0.717, 1.165) is 49.5 Å². The van der Waals surface area contributed by atoms with E-state index in [2.05, 4.69) is 33.2 Å². The fourth-order valence-electron chi connectivity index (χ4n) is 4.82. The van der Waals surface area contributed by atoms with Gasteiger partial charge in [0.2, 0.25) is 0 Å². The summed E-state index contributed by atoms with van der Waals surface area (Å²) in [6.07, 6.45) is 8.47. The molecule has 10 heteroatoms. The number of aliphatic hydroxyl groups is 1. The van der Waals surface area contributed by atoms with Gasteiger partial charge in [-0.15, -0.1) is 0 Å². The van der Waals surface area contributed by atoms with Crippen molar-refractivity contribution < 1.29 is 19.1 Å². The number of anilines is 1. The Bertz CT molecular complexity index is 1220. The van der Waals surface area contributed by atoms with Crippen LogP contribution in [-0.4, -0.2) is 60.8 Å². The molecule has 2 N–H and O–H groups in total. The Labute approximate surface area is 230 Å². The van der Waals surface area contributed by atoms with Crippen LogP contribution >= 0.6 is 22.9 Å². The van der Waals surface area contributed by atoms with Gasteiger partial charge >= 0.3 is 0 Å². The minimum Gasteiger partial charge on any atom is -0.485 e. The van der Waals surface area contributed by atoms with Crippen LogP contribution in [0.4, 0.5) is 5.82 Å². The van der Waals surface area contributed by atoms with Gasteiger partial charge in [-0.25, -0.2) is 9.97 Å². The zero-order valence-corrected chi connectivity index (χ0v) is 23.1. The largest absolute Gasteiger partial charge is 0.485 e. The lowest BCUT2D eigenvalue weighted by Gasteiger charge is -2.32. The summed E-state index contributed by atoms with van der Waals surface area (Å²) in [5.74, 6) is 2.14. The van der Waals surface area contributed by atoms with E-state index in [4.69, 9.17) is 9.15 Å². The van der Waals surface area contributed by atoms with E-state index < -0.39 is 6.10 Å². The maximum atomic E-state index is 13.0. The zero-order valence-electron chi connectivity index (χ0n) is 20.9. The van der Waals surface area contributed by atoms with Crippen LogP contribution in [0, 0.1) is 6.92 Å². The average Bonchev–Trinajstić information content (AvgIpc) is 3.39. The van der Waals surface area contributed by atoms with Crippen molar-refractivity contribution in [2.24, 2.45) is 0 Å². The van der Waals surface area contributed by atoms with Crippen molar-refractivity contribution in [1.29, 1.82) is 0 Å². The molecule has 1 atom stereocenters. The summed E-state index contributed by atoms with van der Waals surface area (Å²) in [6.45, 7) is 4.79. The lowest BCUT2D eigenvalue weighted by Crippen LogP contribution is -2.41. The number of nitrogens with one attached hydrogen (secondary N) is 1. The number of carbonyl (C=O) groups is 1. The summed E-state index contributed by atoms with van der Waals surface area (Å²) < 4.78 is 12.8. The highest BCUT2D eigenvalue weighted by Gasteiger charge is 2.24. The number of aromatic nitrogens is 2. The van der Waals surface area contributed by atoms with Crippen LogP contribution in [0.25, 0.3) is 0 Å². The Morgan fingerprint density at radius 1 is 1.38 bits per heavy atom. The third kappa shape index (κ3) is 6.42. The first-order valence-corrected chi connectivity index (χ1v) is 13.6. The van der Waals surface area contributed by atoms with Gasteiger partial charge in [0.15, 0.2) is 12.2 Å². The number of benzene rings is 1. The normalized spacial score (nSPS) is 16.5. The number of pyridine rings is 1. The monoisotopic (exact) mass is 617 g/mol. The molecule has 1 saturated carbocycles. The van der Waals surface area contributed by atoms with Crippen LogP contribution in [0.15, 0.2) is 47.5 Å². The molecule has 1 amide bonds. The molecule has 3 heterocycles. The number of oxazole rings is 1. The summed E-state index contributed by atoms with van der Waals surface area (Å²) >= 11 is 2.00. The van der Waals surface area contributed by atoms with E-state index >= 15 is 0 Å². The number of ether oxygens (including phenoxy) is 1. The fraction of sp³-hybridized carbons (Fsp3) is 0.444. The summed E-state index contributed by atoms with van der Waals surface area (Å²) in [6, 6.07) is 8.07. The third-order valence-corrected chi connectivity index (χ3v) is 7.93. The average molecular weight is 617 g/mol. The van der Waals surface area contributed by atoms with Crippen LogP contribution in [0.1, 0.15) is 52.1 Å². The number of hydrogen-bond donors (Lipinski definition) is 2. The van der Waals surface area contributed by atoms with Gasteiger partial charge in [-0.05, 0) is 67.5 Å². The number of β-amino-alcohol motifs (C(OH)–C–C–N with tert-alkyl or cyclic N) is 1. The molecule has 0 spiro atoms. The second-order valence-corrected chi connectivity index (χ2v) is 10.9. The molecule has 2 aliphatic rings. The molecule has 196 valence electrons. The Kier molecular flexibility index (Phi) is 8.26. The number of carbonyl (C=O) groups excluding carboxylic acids is 1. The lowest BCUT2D eigenvalue weighted by atomic mass is 9.93. The Morgan fingerprint density at radius 3 is 3.00 bits per heavy atom. The number of rotatable bonds is 10. The number of aliphatic hydroxyl groups excluding tert-OH is 1. The second-order valence-electron chi connectivity index (χ2n) is 9.77. The van der Waals surface area contributed by atoms with E-state index in [9.17, 15) is 9.90 Å². The van der Waals surface area contributed by atoms with Crippen molar-refractivity contribution in [1.82, 2.24) is 18.0 Å². The highest BCUT2D eigenvalue weighted by molar-refractivity contribution is 14.1. The van der Waals surface area contributed by atoms with Crippen molar-refractivity contribution in [3.63, 3.8) is 0 Å². The van der Waals surface area contributed by atoms with E-state index in [1.54, 1.807) is 27.6 Å². The number of nitrogens with zero attached hydrogens (tertiary/aromatic N) is 4. The van der Waals surface area contributed by atoms with Gasteiger partial charge < -0.3 is 19.6 Å². The first-order chi connectivity index (χ1) is 18.0. The van der Waals surface area contributed by atoms with E-state index in [1.165, 1.54) is 23.9 Å². The molecule has 5 rings (SSSR count). The van der Waals surface area contributed by atoms with E-state index in [-0.39, 0.29) is 12.5 Å². The SMILES string of the molecule is Cc1c(OCc2cnco2)ccc2c1CCN(CC(O)CN(I)C(=O)c1ccnc(NC3CCC3)c1)C2. The minimum absolute atomic E-state index is 0.129. The number of hydrogen-bond acceptors (Lipinski definition) is 8. The van der Waals surface area contributed by atoms with Crippen LogP contribution in [-0.2, 0) is 19.6 Å². The van der Waals surface area contributed by atoms with Gasteiger partial charge in [0.25, 0.3) is 5.91 Å². The molecular weight excluding hydrogens is 585 g/mol. The molecule has 1 aliphatic heterocycles. The van der Waals surface area contributed by atoms with Gasteiger partial charge in [0.05, 0.1) is 41.7 Å². The van der Waals surface area contributed by atoms with Crippen molar-refractivity contribution in [3.8, 4) is 5.75 Å². The molecule has 37 heavy (non-hydrogen) atoms. The highest BCUT2D eigenvalue weighted by atomic mass is 127. The first-order valence-electron chi connectivity index (χ1n) is 12.7. The van der Waals surface area contributed by atoms with Crippen LogP contribution in [0.5, 0.6) is 5.75 Å². The smallest absolute Gasteiger partial charge is 0.262 e. The second kappa shape index (κ2) is 11.8. The molecule has 1 unspecified atom stereocenters. The number of fused-ring (bicyclic) bond motifs is 1. The maximum absolute atomic E-state index is 13.0. The molecule has 2 aromatic heterocycles. The van der Waals surface area contributed by atoms with Gasteiger partial charge in [-0.1, -0.05) is 6.07 Å². The Balaban J connectivity index is 1.13. The van der Waals surface area contributed by atoms with E-state index in [1.807, 2.05) is 28.9 Å². The standard InChI is InChI=1S/C27H32IN5O4/c1-18-24-8-10-32(13-20(24)5-6-25(18)36-16-23-12-29-17-37-23)14-22(34)15-33(28)27(35)19-7-9-30-26(11-19)31-21-3-2-4-21/h5-7,9,11-12,17,21-22,34H,2-4,8,10,13-16H2,1H3,(H,30,31). The molecule has 0 saturated heterocycles. The Morgan fingerprint density at radius 2 is 2.24 bits per heavy atom. The molecule has 3 aromatic rings. The predicted octanol–water partition coefficient (Wildman–Crippen LogP) is 4.13. The fourth-order valence-corrected chi connectivity index (χ4v) is 5.55. The van der Waals surface area contributed by atoms with Crippen molar-refractivity contribution in [3.05, 3.63) is 71.1 Å². The lowest BCUT2D eigenvalue weighted by molar-refractivity contribution is 0.0724. The van der Waals surface area contributed by atoms with Gasteiger partial charge in [-0.2, -0.15) is 0 Å². The topological polar surface area (TPSA) is 104 Å². The molecule has 1 fully saturated rings. The molecule has 1 aromatic carbocycles. The molecule has 9 nitrogen and oxygen atoms in total. The molecular formula is C27H32IN5O4. The first kappa shape index (κ1) is 25.9. The predicted molar refractivity (Wildman–Crippen MR) is 148 cm³/mol.